The highest BCUT2D eigenvalue weighted by Gasteiger charge is 2.28. The maximum atomic E-state index is 11.8. The predicted octanol–water partition coefficient (Wildman–Crippen LogP) is 2.70. The second kappa shape index (κ2) is 6.14. The first-order valence-electron chi connectivity index (χ1n) is 6.16. The van der Waals surface area contributed by atoms with E-state index in [1.807, 2.05) is 30.3 Å². The minimum absolute atomic E-state index is 0.0341. The molecule has 1 aromatic rings. The quantitative estimate of drug-likeness (QED) is 0.633. The number of alkyl halides is 1. The van der Waals surface area contributed by atoms with Crippen molar-refractivity contribution in [3.8, 4) is 0 Å². The van der Waals surface area contributed by atoms with E-state index in [-0.39, 0.29) is 17.7 Å². The molecule has 1 saturated heterocycles. The van der Waals surface area contributed by atoms with Crippen LogP contribution in [0.25, 0.3) is 0 Å². The summed E-state index contributed by atoms with van der Waals surface area (Å²) in [7, 11) is 0. The Morgan fingerprint density at radius 2 is 1.72 bits per heavy atom. The number of benzene rings is 1. The number of carbonyl (C=O) groups is 2. The molecular formula is C14H16BrNO2. The maximum Gasteiger partial charge on any atom is 0.229 e. The largest absolute Gasteiger partial charge is 0.282 e. The van der Waals surface area contributed by atoms with Crippen LogP contribution in [0, 0.1) is 0 Å². The van der Waals surface area contributed by atoms with Crippen LogP contribution in [0.5, 0.6) is 0 Å². The van der Waals surface area contributed by atoms with Gasteiger partial charge in [-0.05, 0) is 12.0 Å². The molecule has 0 aromatic heterocycles. The van der Waals surface area contributed by atoms with Crippen molar-refractivity contribution in [2.24, 2.45) is 0 Å². The zero-order chi connectivity index (χ0) is 13.0. The first kappa shape index (κ1) is 13.3. The summed E-state index contributed by atoms with van der Waals surface area (Å²) < 4.78 is 0. The molecule has 0 radical (unpaired) electrons. The fourth-order valence-corrected chi connectivity index (χ4v) is 2.77. The third kappa shape index (κ3) is 2.99. The molecule has 0 N–H and O–H groups in total. The summed E-state index contributed by atoms with van der Waals surface area (Å²) in [6, 6.07) is 9.98. The number of hydrogen-bond acceptors (Lipinski definition) is 2. The van der Waals surface area contributed by atoms with Gasteiger partial charge in [-0.25, -0.2) is 0 Å². The zero-order valence-corrected chi connectivity index (χ0v) is 11.7. The highest BCUT2D eigenvalue weighted by Crippen LogP contribution is 2.22. The number of rotatable bonds is 4. The molecule has 1 atom stereocenters. The predicted molar refractivity (Wildman–Crippen MR) is 73.5 cm³/mol. The summed E-state index contributed by atoms with van der Waals surface area (Å²) in [6.07, 6.45) is 1.68. The standard InChI is InChI=1S/C14H16BrNO2/c15-9-12(11-5-2-1-3-6-11)10-16-13(17)7-4-8-14(16)18/h1-3,5-6,12H,4,7-10H2. The summed E-state index contributed by atoms with van der Waals surface area (Å²) in [6.45, 7) is 0.479. The number of amides is 2. The number of likely N-dealkylation sites (tertiary alicyclic amines) is 1. The Morgan fingerprint density at radius 3 is 2.28 bits per heavy atom. The molecule has 1 heterocycles. The van der Waals surface area contributed by atoms with Crippen LogP contribution in [0.15, 0.2) is 30.3 Å². The Kier molecular flexibility index (Phi) is 4.53. The number of imide groups is 1. The van der Waals surface area contributed by atoms with E-state index in [0.717, 1.165) is 10.9 Å². The van der Waals surface area contributed by atoms with Crippen molar-refractivity contribution >= 4 is 27.7 Å². The first-order chi connectivity index (χ1) is 8.72. The molecule has 96 valence electrons. The van der Waals surface area contributed by atoms with E-state index in [1.165, 1.54) is 4.90 Å². The molecule has 1 aromatic carbocycles. The Bertz CT molecular complexity index is 417. The van der Waals surface area contributed by atoms with E-state index in [2.05, 4.69) is 15.9 Å². The normalized spacial score (nSPS) is 17.9. The molecule has 0 spiro atoms. The Hall–Kier alpha value is -1.16. The molecule has 1 aliphatic heterocycles. The van der Waals surface area contributed by atoms with Gasteiger partial charge in [0, 0.05) is 30.6 Å². The molecule has 1 aliphatic rings. The second-order valence-corrected chi connectivity index (χ2v) is 5.16. The van der Waals surface area contributed by atoms with Crippen molar-refractivity contribution in [1.82, 2.24) is 4.90 Å². The van der Waals surface area contributed by atoms with E-state index in [1.54, 1.807) is 0 Å². The molecule has 2 amide bonds. The van der Waals surface area contributed by atoms with Gasteiger partial charge in [-0.1, -0.05) is 46.3 Å². The number of halogens is 1. The van der Waals surface area contributed by atoms with E-state index in [0.29, 0.717) is 25.8 Å². The summed E-state index contributed by atoms with van der Waals surface area (Å²) in [4.78, 5) is 25.0. The average molecular weight is 310 g/mol. The summed E-state index contributed by atoms with van der Waals surface area (Å²) in [5.41, 5.74) is 1.15. The lowest BCUT2D eigenvalue weighted by Gasteiger charge is -2.28. The van der Waals surface area contributed by atoms with Gasteiger partial charge in [-0.2, -0.15) is 0 Å². The molecule has 0 aliphatic carbocycles. The smallest absolute Gasteiger partial charge is 0.229 e. The van der Waals surface area contributed by atoms with Gasteiger partial charge in [0.25, 0.3) is 0 Å². The topological polar surface area (TPSA) is 37.4 Å². The lowest BCUT2D eigenvalue weighted by molar-refractivity contribution is -0.148. The highest BCUT2D eigenvalue weighted by molar-refractivity contribution is 9.09. The van der Waals surface area contributed by atoms with Crippen molar-refractivity contribution in [3.05, 3.63) is 35.9 Å². The van der Waals surface area contributed by atoms with Gasteiger partial charge in [-0.15, -0.1) is 0 Å². The molecule has 1 fully saturated rings. The third-order valence-electron chi connectivity index (χ3n) is 3.24. The van der Waals surface area contributed by atoms with Gasteiger partial charge < -0.3 is 0 Å². The monoisotopic (exact) mass is 309 g/mol. The average Bonchev–Trinajstić information content (AvgIpc) is 2.40. The van der Waals surface area contributed by atoms with Gasteiger partial charge >= 0.3 is 0 Å². The van der Waals surface area contributed by atoms with E-state index < -0.39 is 0 Å². The van der Waals surface area contributed by atoms with Crippen LogP contribution in [0.2, 0.25) is 0 Å². The van der Waals surface area contributed by atoms with Gasteiger partial charge in [0.2, 0.25) is 11.8 Å². The number of carbonyl (C=O) groups excluding carboxylic acids is 2. The molecule has 0 saturated carbocycles. The summed E-state index contributed by atoms with van der Waals surface area (Å²) >= 11 is 3.47. The summed E-state index contributed by atoms with van der Waals surface area (Å²) in [5, 5.41) is 0.744. The van der Waals surface area contributed by atoms with E-state index >= 15 is 0 Å². The fraction of sp³-hybridized carbons (Fsp3) is 0.429. The number of nitrogens with zero attached hydrogens (tertiary/aromatic N) is 1. The molecule has 18 heavy (non-hydrogen) atoms. The molecule has 3 nitrogen and oxygen atoms in total. The van der Waals surface area contributed by atoms with Crippen molar-refractivity contribution in [2.75, 3.05) is 11.9 Å². The van der Waals surface area contributed by atoms with Gasteiger partial charge in [-0.3, -0.25) is 14.5 Å². The zero-order valence-electron chi connectivity index (χ0n) is 10.1. The van der Waals surface area contributed by atoms with E-state index in [4.69, 9.17) is 0 Å². The van der Waals surface area contributed by atoms with Crippen LogP contribution >= 0.6 is 15.9 Å². The summed E-state index contributed by atoms with van der Waals surface area (Å²) in [5.74, 6) is 0.0958. The van der Waals surface area contributed by atoms with Crippen molar-refractivity contribution in [3.63, 3.8) is 0 Å². The van der Waals surface area contributed by atoms with Gasteiger partial charge in [0.05, 0.1) is 0 Å². The first-order valence-corrected chi connectivity index (χ1v) is 7.28. The Balaban J connectivity index is 2.10. The van der Waals surface area contributed by atoms with Crippen molar-refractivity contribution in [1.29, 1.82) is 0 Å². The van der Waals surface area contributed by atoms with Crippen LogP contribution in [-0.4, -0.2) is 28.6 Å². The van der Waals surface area contributed by atoms with Gasteiger partial charge in [0.15, 0.2) is 0 Å². The molecule has 0 bridgehead atoms. The molecular weight excluding hydrogens is 294 g/mol. The Labute approximate surface area is 115 Å². The highest BCUT2D eigenvalue weighted by atomic mass is 79.9. The van der Waals surface area contributed by atoms with E-state index in [9.17, 15) is 9.59 Å². The minimum atomic E-state index is -0.0341. The van der Waals surface area contributed by atoms with Crippen LogP contribution < -0.4 is 0 Å². The lowest BCUT2D eigenvalue weighted by atomic mass is 9.99. The number of piperidine rings is 1. The van der Waals surface area contributed by atoms with Crippen LogP contribution in [0.1, 0.15) is 30.7 Å². The lowest BCUT2D eigenvalue weighted by Crippen LogP contribution is -2.42. The minimum Gasteiger partial charge on any atom is -0.282 e. The third-order valence-corrected chi connectivity index (χ3v) is 4.03. The molecule has 2 rings (SSSR count). The maximum absolute atomic E-state index is 11.8. The Morgan fingerprint density at radius 1 is 1.11 bits per heavy atom. The van der Waals surface area contributed by atoms with Crippen LogP contribution in [-0.2, 0) is 9.59 Å². The van der Waals surface area contributed by atoms with Gasteiger partial charge in [0.1, 0.15) is 0 Å². The number of hydrogen-bond donors (Lipinski definition) is 0. The fourth-order valence-electron chi connectivity index (χ4n) is 2.19. The van der Waals surface area contributed by atoms with Crippen LogP contribution in [0.4, 0.5) is 0 Å². The SMILES string of the molecule is O=C1CCCC(=O)N1CC(CBr)c1ccccc1. The molecule has 4 heteroatoms. The van der Waals surface area contributed by atoms with Crippen molar-refractivity contribution < 1.29 is 9.59 Å². The molecule has 1 unspecified atom stereocenters. The van der Waals surface area contributed by atoms with Crippen LogP contribution in [0.3, 0.4) is 0 Å². The second-order valence-electron chi connectivity index (χ2n) is 4.51. The van der Waals surface area contributed by atoms with Crippen molar-refractivity contribution in [2.45, 2.75) is 25.2 Å².